The zero-order valence-electron chi connectivity index (χ0n) is 14.0. The average molecular weight is 336 g/mol. The average Bonchev–Trinajstić information content (AvgIpc) is 3.14. The molecule has 6 nitrogen and oxygen atoms in total. The predicted molar refractivity (Wildman–Crippen MR) is 93.9 cm³/mol. The molecule has 128 valence electrons. The number of rotatable bonds is 7. The van der Waals surface area contributed by atoms with Crippen LogP contribution in [0.2, 0.25) is 0 Å². The first-order chi connectivity index (χ1) is 12.2. The van der Waals surface area contributed by atoms with Crippen molar-refractivity contribution >= 4 is 5.91 Å². The lowest BCUT2D eigenvalue weighted by Crippen LogP contribution is -2.35. The Bertz CT molecular complexity index is 786. The molecule has 0 saturated heterocycles. The number of benzene rings is 2. The van der Waals surface area contributed by atoms with E-state index in [9.17, 15) is 4.79 Å². The van der Waals surface area contributed by atoms with Gasteiger partial charge in [-0.05, 0) is 30.2 Å². The standard InChI is InChI=1S/C19H20N4O2/c1-15(25-18-5-3-2-4-6-18)19(24)21-11-16-7-9-17(10-8-16)12-23-14-20-13-22-23/h2-10,13-15H,11-12H2,1H3,(H,21,24)/t15-/m1/s1. The Balaban J connectivity index is 1.48. The highest BCUT2D eigenvalue weighted by molar-refractivity contribution is 5.80. The number of amides is 1. The van der Waals surface area contributed by atoms with E-state index in [0.717, 1.165) is 11.1 Å². The van der Waals surface area contributed by atoms with Gasteiger partial charge in [-0.25, -0.2) is 9.67 Å². The molecule has 0 aliphatic rings. The highest BCUT2D eigenvalue weighted by atomic mass is 16.5. The van der Waals surface area contributed by atoms with Crippen molar-refractivity contribution < 1.29 is 9.53 Å². The Morgan fingerprint density at radius 3 is 2.52 bits per heavy atom. The molecular formula is C19H20N4O2. The maximum absolute atomic E-state index is 12.1. The third-order valence-electron chi connectivity index (χ3n) is 3.73. The van der Waals surface area contributed by atoms with Crippen LogP contribution in [0.1, 0.15) is 18.1 Å². The highest BCUT2D eigenvalue weighted by Gasteiger charge is 2.14. The zero-order valence-corrected chi connectivity index (χ0v) is 14.0. The molecule has 1 amide bonds. The van der Waals surface area contributed by atoms with E-state index in [1.165, 1.54) is 6.33 Å². The number of hydrogen-bond acceptors (Lipinski definition) is 4. The van der Waals surface area contributed by atoms with Crippen molar-refractivity contribution in [3.8, 4) is 5.75 Å². The largest absolute Gasteiger partial charge is 0.481 e. The molecule has 0 fully saturated rings. The van der Waals surface area contributed by atoms with Crippen LogP contribution in [0.25, 0.3) is 0 Å². The highest BCUT2D eigenvalue weighted by Crippen LogP contribution is 2.11. The van der Waals surface area contributed by atoms with Gasteiger partial charge in [-0.1, -0.05) is 42.5 Å². The summed E-state index contributed by atoms with van der Waals surface area (Å²) >= 11 is 0. The summed E-state index contributed by atoms with van der Waals surface area (Å²) in [7, 11) is 0. The number of aromatic nitrogens is 3. The Kier molecular flexibility index (Phi) is 5.41. The second-order valence-electron chi connectivity index (χ2n) is 5.70. The maximum Gasteiger partial charge on any atom is 0.261 e. The first-order valence-electron chi connectivity index (χ1n) is 8.10. The molecule has 1 atom stereocenters. The van der Waals surface area contributed by atoms with Crippen molar-refractivity contribution in [1.29, 1.82) is 0 Å². The summed E-state index contributed by atoms with van der Waals surface area (Å²) in [6.07, 6.45) is 2.65. The van der Waals surface area contributed by atoms with Gasteiger partial charge in [0.25, 0.3) is 5.91 Å². The van der Waals surface area contributed by atoms with E-state index < -0.39 is 6.10 Å². The summed E-state index contributed by atoms with van der Waals surface area (Å²) in [5.41, 5.74) is 2.16. The lowest BCUT2D eigenvalue weighted by atomic mass is 10.1. The summed E-state index contributed by atoms with van der Waals surface area (Å²) in [5, 5.41) is 6.97. The molecule has 0 radical (unpaired) electrons. The second-order valence-corrected chi connectivity index (χ2v) is 5.70. The maximum atomic E-state index is 12.1. The van der Waals surface area contributed by atoms with Gasteiger partial charge in [0, 0.05) is 6.54 Å². The van der Waals surface area contributed by atoms with E-state index in [4.69, 9.17) is 4.74 Å². The number of para-hydroxylation sites is 1. The molecule has 2 aromatic carbocycles. The second kappa shape index (κ2) is 8.10. The van der Waals surface area contributed by atoms with Gasteiger partial charge in [0.1, 0.15) is 18.4 Å². The minimum absolute atomic E-state index is 0.143. The van der Waals surface area contributed by atoms with Crippen LogP contribution in [-0.4, -0.2) is 26.8 Å². The lowest BCUT2D eigenvalue weighted by Gasteiger charge is -2.14. The van der Waals surface area contributed by atoms with Gasteiger partial charge in [-0.2, -0.15) is 5.10 Å². The van der Waals surface area contributed by atoms with Crippen LogP contribution in [0.15, 0.2) is 67.3 Å². The van der Waals surface area contributed by atoms with E-state index in [2.05, 4.69) is 15.4 Å². The minimum Gasteiger partial charge on any atom is -0.481 e. The Hall–Kier alpha value is -3.15. The number of nitrogens with zero attached hydrogens (tertiary/aromatic N) is 3. The topological polar surface area (TPSA) is 69.0 Å². The molecule has 0 saturated carbocycles. The molecule has 3 aromatic rings. The van der Waals surface area contributed by atoms with Crippen LogP contribution in [0.3, 0.4) is 0 Å². The van der Waals surface area contributed by atoms with Crippen molar-refractivity contribution in [3.05, 3.63) is 78.4 Å². The van der Waals surface area contributed by atoms with E-state index in [-0.39, 0.29) is 5.91 Å². The van der Waals surface area contributed by atoms with Crippen molar-refractivity contribution in [2.24, 2.45) is 0 Å². The molecule has 0 spiro atoms. The molecular weight excluding hydrogens is 316 g/mol. The normalized spacial score (nSPS) is 11.7. The van der Waals surface area contributed by atoms with Gasteiger partial charge in [0.2, 0.25) is 0 Å². The summed E-state index contributed by atoms with van der Waals surface area (Å²) in [5.74, 6) is 0.540. The number of hydrogen-bond donors (Lipinski definition) is 1. The number of ether oxygens (including phenoxy) is 1. The smallest absolute Gasteiger partial charge is 0.261 e. The van der Waals surface area contributed by atoms with Gasteiger partial charge in [0.05, 0.1) is 6.54 Å². The van der Waals surface area contributed by atoms with Crippen LogP contribution in [-0.2, 0) is 17.9 Å². The Morgan fingerprint density at radius 1 is 1.12 bits per heavy atom. The molecule has 0 unspecified atom stereocenters. The van der Waals surface area contributed by atoms with Crippen molar-refractivity contribution in [2.75, 3.05) is 0 Å². The van der Waals surface area contributed by atoms with Crippen molar-refractivity contribution in [1.82, 2.24) is 20.1 Å². The Morgan fingerprint density at radius 2 is 1.84 bits per heavy atom. The van der Waals surface area contributed by atoms with Gasteiger partial charge >= 0.3 is 0 Å². The van der Waals surface area contributed by atoms with Crippen molar-refractivity contribution in [2.45, 2.75) is 26.1 Å². The zero-order chi connectivity index (χ0) is 17.5. The monoisotopic (exact) mass is 336 g/mol. The number of carbonyl (C=O) groups excluding carboxylic acids is 1. The quantitative estimate of drug-likeness (QED) is 0.719. The molecule has 1 aromatic heterocycles. The molecule has 1 heterocycles. The summed E-state index contributed by atoms with van der Waals surface area (Å²) in [6, 6.07) is 17.4. The fourth-order valence-corrected chi connectivity index (χ4v) is 2.35. The molecule has 3 rings (SSSR count). The van der Waals surface area contributed by atoms with Crippen LogP contribution < -0.4 is 10.1 Å². The molecule has 6 heteroatoms. The van der Waals surface area contributed by atoms with Gasteiger partial charge in [0.15, 0.2) is 6.10 Å². The number of nitrogens with one attached hydrogen (secondary N) is 1. The third-order valence-corrected chi connectivity index (χ3v) is 3.73. The van der Waals surface area contributed by atoms with E-state index >= 15 is 0 Å². The van der Waals surface area contributed by atoms with Crippen LogP contribution >= 0.6 is 0 Å². The first-order valence-corrected chi connectivity index (χ1v) is 8.10. The van der Waals surface area contributed by atoms with Gasteiger partial charge < -0.3 is 10.1 Å². The Labute approximate surface area is 146 Å². The van der Waals surface area contributed by atoms with Crippen molar-refractivity contribution in [3.63, 3.8) is 0 Å². The summed E-state index contributed by atoms with van der Waals surface area (Å²) < 4.78 is 7.38. The molecule has 0 aliphatic heterocycles. The predicted octanol–water partition coefficient (Wildman–Crippen LogP) is 2.41. The van der Waals surface area contributed by atoms with Gasteiger partial charge in [-0.3, -0.25) is 4.79 Å². The fraction of sp³-hybridized carbons (Fsp3) is 0.211. The van der Waals surface area contributed by atoms with E-state index in [0.29, 0.717) is 18.8 Å². The SMILES string of the molecule is C[C@@H](Oc1ccccc1)C(=O)NCc1ccc(Cn2cncn2)cc1. The molecule has 0 bridgehead atoms. The van der Waals surface area contributed by atoms with E-state index in [1.807, 2.05) is 54.6 Å². The summed E-state index contributed by atoms with van der Waals surface area (Å²) in [6.45, 7) is 2.88. The first kappa shape index (κ1) is 16.7. The van der Waals surface area contributed by atoms with E-state index in [1.54, 1.807) is 17.9 Å². The number of carbonyl (C=O) groups is 1. The summed E-state index contributed by atoms with van der Waals surface area (Å²) in [4.78, 5) is 16.1. The third kappa shape index (κ3) is 4.91. The molecule has 25 heavy (non-hydrogen) atoms. The van der Waals surface area contributed by atoms with Crippen LogP contribution in [0.4, 0.5) is 0 Å². The van der Waals surface area contributed by atoms with Crippen LogP contribution in [0, 0.1) is 0 Å². The molecule has 0 aliphatic carbocycles. The van der Waals surface area contributed by atoms with Gasteiger partial charge in [-0.15, -0.1) is 0 Å². The van der Waals surface area contributed by atoms with Crippen LogP contribution in [0.5, 0.6) is 5.75 Å². The molecule has 1 N–H and O–H groups in total. The minimum atomic E-state index is -0.547. The fourth-order valence-electron chi connectivity index (χ4n) is 2.35. The lowest BCUT2D eigenvalue weighted by molar-refractivity contribution is -0.127.